The maximum atomic E-state index is 12.5. The van der Waals surface area contributed by atoms with Crippen LogP contribution in [0.3, 0.4) is 0 Å². The molecule has 0 bridgehead atoms. The van der Waals surface area contributed by atoms with Gasteiger partial charge in [0.25, 0.3) is 5.91 Å². The Balaban J connectivity index is 1.62. The van der Waals surface area contributed by atoms with Crippen LogP contribution in [0.25, 0.3) is 0 Å². The van der Waals surface area contributed by atoms with Gasteiger partial charge >= 0.3 is 0 Å². The van der Waals surface area contributed by atoms with E-state index in [1.54, 1.807) is 55.5 Å². The van der Waals surface area contributed by atoms with Crippen LogP contribution >= 0.6 is 0 Å². The lowest BCUT2D eigenvalue weighted by Gasteiger charge is -2.16. The van der Waals surface area contributed by atoms with Gasteiger partial charge in [-0.3, -0.25) is 9.59 Å². The summed E-state index contributed by atoms with van der Waals surface area (Å²) < 4.78 is 11.2. The summed E-state index contributed by atoms with van der Waals surface area (Å²) in [6.45, 7) is 4.06. The molecule has 3 rings (SSSR count). The van der Waals surface area contributed by atoms with Crippen molar-refractivity contribution in [3.8, 4) is 11.5 Å². The number of benzene rings is 3. The summed E-state index contributed by atoms with van der Waals surface area (Å²) in [7, 11) is 0. The van der Waals surface area contributed by atoms with Crippen LogP contribution in [0.2, 0.25) is 0 Å². The van der Waals surface area contributed by atoms with Crippen molar-refractivity contribution in [3.05, 3.63) is 90.0 Å². The molecule has 0 radical (unpaired) electrons. The van der Waals surface area contributed by atoms with Crippen LogP contribution in [0.5, 0.6) is 11.5 Å². The molecule has 3 aromatic carbocycles. The van der Waals surface area contributed by atoms with Crippen LogP contribution in [-0.4, -0.2) is 24.4 Å². The van der Waals surface area contributed by atoms with Crippen molar-refractivity contribution in [1.82, 2.24) is 0 Å². The van der Waals surface area contributed by atoms with Crippen molar-refractivity contribution in [2.45, 2.75) is 20.0 Å². The smallest absolute Gasteiger partial charge is 0.265 e. The number of rotatable bonds is 8. The zero-order valence-corrected chi connectivity index (χ0v) is 16.4. The maximum absolute atomic E-state index is 12.5. The van der Waals surface area contributed by atoms with E-state index >= 15 is 0 Å². The second-order valence-corrected chi connectivity index (χ2v) is 6.40. The minimum absolute atomic E-state index is 0.0597. The third kappa shape index (κ3) is 5.23. The minimum atomic E-state index is -0.722. The predicted molar refractivity (Wildman–Crippen MR) is 113 cm³/mol. The average molecular weight is 389 g/mol. The number of ether oxygens (including phenoxy) is 2. The zero-order chi connectivity index (χ0) is 20.6. The molecule has 1 atom stereocenters. The summed E-state index contributed by atoms with van der Waals surface area (Å²) in [6.07, 6.45) is -0.722. The molecule has 0 saturated carbocycles. The number of para-hydroxylation sites is 2. The van der Waals surface area contributed by atoms with Crippen LogP contribution in [-0.2, 0) is 4.79 Å². The lowest BCUT2D eigenvalue weighted by atomic mass is 10.0. The molecule has 0 aliphatic heterocycles. The first-order chi connectivity index (χ1) is 14.1. The van der Waals surface area contributed by atoms with Crippen molar-refractivity contribution >= 4 is 17.4 Å². The van der Waals surface area contributed by atoms with Gasteiger partial charge in [-0.1, -0.05) is 42.5 Å². The Labute approximate surface area is 170 Å². The Morgan fingerprint density at radius 2 is 1.48 bits per heavy atom. The highest BCUT2D eigenvalue weighted by Crippen LogP contribution is 2.24. The molecular formula is C24H23NO4. The maximum Gasteiger partial charge on any atom is 0.265 e. The van der Waals surface area contributed by atoms with Crippen LogP contribution in [0.1, 0.15) is 29.8 Å². The second kappa shape index (κ2) is 9.55. The van der Waals surface area contributed by atoms with Gasteiger partial charge in [0.05, 0.1) is 12.3 Å². The highest BCUT2D eigenvalue weighted by molar-refractivity contribution is 6.09. The highest BCUT2D eigenvalue weighted by atomic mass is 16.5. The molecule has 0 aliphatic carbocycles. The van der Waals surface area contributed by atoms with Crippen molar-refractivity contribution in [3.63, 3.8) is 0 Å². The first kappa shape index (κ1) is 20.1. The Morgan fingerprint density at radius 3 is 2.17 bits per heavy atom. The standard InChI is InChI=1S/C24H23NO4/c1-3-28-22-12-8-7-11-21(22)25-24(27)17(2)29-20-15-13-19(14-16-20)23(26)18-9-5-4-6-10-18/h4-17H,3H2,1-2H3,(H,25,27). The summed E-state index contributed by atoms with van der Waals surface area (Å²) >= 11 is 0. The molecule has 0 saturated heterocycles. The van der Waals surface area contributed by atoms with Gasteiger partial charge in [-0.15, -0.1) is 0 Å². The summed E-state index contributed by atoms with van der Waals surface area (Å²) in [6, 6.07) is 23.1. The number of amides is 1. The van der Waals surface area contributed by atoms with E-state index in [1.165, 1.54) is 0 Å². The molecule has 1 unspecified atom stereocenters. The molecule has 29 heavy (non-hydrogen) atoms. The van der Waals surface area contributed by atoms with E-state index in [0.29, 0.717) is 34.9 Å². The van der Waals surface area contributed by atoms with Crippen molar-refractivity contribution in [2.24, 2.45) is 0 Å². The van der Waals surface area contributed by atoms with Gasteiger partial charge in [0.15, 0.2) is 11.9 Å². The van der Waals surface area contributed by atoms with E-state index in [0.717, 1.165) is 0 Å². The van der Waals surface area contributed by atoms with E-state index in [-0.39, 0.29) is 11.7 Å². The Hall–Kier alpha value is -3.60. The van der Waals surface area contributed by atoms with E-state index in [1.807, 2.05) is 37.3 Å². The molecule has 0 fully saturated rings. The van der Waals surface area contributed by atoms with Crippen LogP contribution < -0.4 is 14.8 Å². The summed E-state index contributed by atoms with van der Waals surface area (Å²) in [5.74, 6) is 0.770. The number of nitrogens with one attached hydrogen (secondary N) is 1. The summed E-state index contributed by atoms with van der Waals surface area (Å²) in [4.78, 5) is 24.9. The number of carbonyl (C=O) groups is 2. The monoisotopic (exact) mass is 389 g/mol. The van der Waals surface area contributed by atoms with Gasteiger partial charge in [0, 0.05) is 11.1 Å². The molecule has 5 heteroatoms. The lowest BCUT2D eigenvalue weighted by molar-refractivity contribution is -0.122. The Bertz CT molecular complexity index is 968. The van der Waals surface area contributed by atoms with Crippen molar-refractivity contribution < 1.29 is 19.1 Å². The highest BCUT2D eigenvalue weighted by Gasteiger charge is 2.17. The van der Waals surface area contributed by atoms with Gasteiger partial charge in [0.2, 0.25) is 0 Å². The summed E-state index contributed by atoms with van der Waals surface area (Å²) in [5, 5.41) is 2.82. The number of anilines is 1. The van der Waals surface area contributed by atoms with Crippen LogP contribution in [0.4, 0.5) is 5.69 Å². The Kier molecular flexibility index (Phi) is 6.63. The molecule has 0 aromatic heterocycles. The molecule has 3 aromatic rings. The van der Waals surface area contributed by atoms with E-state index in [2.05, 4.69) is 5.32 Å². The molecule has 0 aliphatic rings. The van der Waals surface area contributed by atoms with Crippen LogP contribution in [0, 0.1) is 0 Å². The molecule has 1 N–H and O–H groups in total. The fourth-order valence-corrected chi connectivity index (χ4v) is 2.78. The zero-order valence-electron chi connectivity index (χ0n) is 16.4. The molecule has 1 amide bonds. The van der Waals surface area contributed by atoms with Crippen molar-refractivity contribution in [2.75, 3.05) is 11.9 Å². The molecule has 5 nitrogen and oxygen atoms in total. The fourth-order valence-electron chi connectivity index (χ4n) is 2.78. The second-order valence-electron chi connectivity index (χ2n) is 6.40. The first-order valence-corrected chi connectivity index (χ1v) is 9.47. The van der Waals surface area contributed by atoms with Gasteiger partial charge in [-0.25, -0.2) is 0 Å². The molecular weight excluding hydrogens is 366 g/mol. The van der Waals surface area contributed by atoms with Gasteiger partial charge < -0.3 is 14.8 Å². The quantitative estimate of drug-likeness (QED) is 0.566. The number of hydrogen-bond acceptors (Lipinski definition) is 4. The number of hydrogen-bond donors (Lipinski definition) is 1. The summed E-state index contributed by atoms with van der Waals surface area (Å²) in [5.41, 5.74) is 1.78. The molecule has 148 valence electrons. The van der Waals surface area contributed by atoms with E-state index in [9.17, 15) is 9.59 Å². The average Bonchev–Trinajstić information content (AvgIpc) is 2.76. The van der Waals surface area contributed by atoms with Crippen molar-refractivity contribution in [1.29, 1.82) is 0 Å². The normalized spacial score (nSPS) is 11.4. The number of carbonyl (C=O) groups excluding carboxylic acids is 2. The minimum Gasteiger partial charge on any atom is -0.492 e. The van der Waals surface area contributed by atoms with E-state index in [4.69, 9.17) is 9.47 Å². The van der Waals surface area contributed by atoms with E-state index < -0.39 is 6.10 Å². The SMILES string of the molecule is CCOc1ccccc1NC(=O)C(C)Oc1ccc(C(=O)c2ccccc2)cc1. The number of ketones is 1. The van der Waals surface area contributed by atoms with Gasteiger partial charge in [-0.2, -0.15) is 0 Å². The third-order valence-corrected chi connectivity index (χ3v) is 4.28. The van der Waals surface area contributed by atoms with Crippen LogP contribution in [0.15, 0.2) is 78.9 Å². The predicted octanol–water partition coefficient (Wildman–Crippen LogP) is 4.72. The lowest BCUT2D eigenvalue weighted by Crippen LogP contribution is -2.30. The third-order valence-electron chi connectivity index (χ3n) is 4.28. The first-order valence-electron chi connectivity index (χ1n) is 9.47. The molecule has 0 spiro atoms. The fraction of sp³-hybridized carbons (Fsp3) is 0.167. The van der Waals surface area contributed by atoms with Gasteiger partial charge in [0.1, 0.15) is 11.5 Å². The Morgan fingerprint density at radius 1 is 0.862 bits per heavy atom. The van der Waals surface area contributed by atoms with Gasteiger partial charge in [-0.05, 0) is 50.2 Å². The molecule has 0 heterocycles. The largest absolute Gasteiger partial charge is 0.492 e. The topological polar surface area (TPSA) is 64.6 Å².